The highest BCUT2D eigenvalue weighted by Gasteiger charge is 2.35. The number of aromatic amines is 1. The van der Waals surface area contributed by atoms with E-state index in [1.165, 1.54) is 0 Å². The van der Waals surface area contributed by atoms with Crippen molar-refractivity contribution in [1.29, 1.82) is 0 Å². The molecule has 3 aromatic rings. The minimum atomic E-state index is -3.28. The lowest BCUT2D eigenvalue weighted by Gasteiger charge is -2.10. The number of H-pyrrole nitrogens is 1. The molecule has 0 radical (unpaired) electrons. The van der Waals surface area contributed by atoms with Gasteiger partial charge < -0.3 is 10.3 Å². The molecule has 2 saturated carbocycles. The molecule has 3 N–H and O–H groups in total. The molecule has 2 heterocycles. The number of hydrogen-bond donors (Lipinski definition) is 3. The summed E-state index contributed by atoms with van der Waals surface area (Å²) in [5.41, 5.74) is 3.09. The van der Waals surface area contributed by atoms with E-state index in [4.69, 9.17) is 0 Å². The predicted molar refractivity (Wildman–Crippen MR) is 108 cm³/mol. The van der Waals surface area contributed by atoms with E-state index in [9.17, 15) is 13.2 Å². The summed E-state index contributed by atoms with van der Waals surface area (Å²) < 4.78 is 26.8. The summed E-state index contributed by atoms with van der Waals surface area (Å²) in [6, 6.07) is 11.1. The van der Waals surface area contributed by atoms with Crippen LogP contribution in [-0.2, 0) is 14.8 Å². The van der Waals surface area contributed by atoms with Crippen LogP contribution < -0.4 is 10.0 Å². The highest BCUT2D eigenvalue weighted by atomic mass is 32.2. The van der Waals surface area contributed by atoms with Gasteiger partial charge in [-0.1, -0.05) is 12.1 Å². The van der Waals surface area contributed by atoms with Crippen molar-refractivity contribution in [3.8, 4) is 11.1 Å². The van der Waals surface area contributed by atoms with E-state index < -0.39 is 10.0 Å². The molecule has 28 heavy (non-hydrogen) atoms. The third kappa shape index (κ3) is 3.35. The number of rotatable bonds is 6. The second-order valence-electron chi connectivity index (χ2n) is 7.48. The average molecular weight is 396 g/mol. The van der Waals surface area contributed by atoms with Gasteiger partial charge >= 0.3 is 0 Å². The lowest BCUT2D eigenvalue weighted by molar-refractivity contribution is -0.117. The third-order valence-corrected chi connectivity index (χ3v) is 7.02. The summed E-state index contributed by atoms with van der Waals surface area (Å²) in [5, 5.41) is 3.58. The molecule has 0 spiro atoms. The van der Waals surface area contributed by atoms with Crippen LogP contribution in [-0.4, -0.2) is 29.5 Å². The molecular formula is C20H20N4O3S. The molecule has 0 saturated heterocycles. The van der Waals surface area contributed by atoms with Crippen molar-refractivity contribution in [2.75, 3.05) is 10.0 Å². The standard InChI is InChI=1S/C20H20N4O3S/c25-20(13-1-2-13)23-18-11-17(16-9-10-21-19(16)22-18)12-3-5-14(6-4-12)24-28(26,27)15-7-8-15/h3-6,9-11,13,15,24H,1-2,7-8H2,(H2,21,22,23,25). The van der Waals surface area contributed by atoms with Gasteiger partial charge in [-0.05, 0) is 61.1 Å². The smallest absolute Gasteiger partial charge is 0.235 e. The number of carbonyl (C=O) groups is 1. The number of fused-ring (bicyclic) bond motifs is 1. The Bertz CT molecular complexity index is 1160. The van der Waals surface area contributed by atoms with Crippen molar-refractivity contribution in [3.05, 3.63) is 42.6 Å². The first-order valence-corrected chi connectivity index (χ1v) is 11.0. The molecule has 2 fully saturated rings. The fourth-order valence-corrected chi connectivity index (χ4v) is 4.65. The number of sulfonamides is 1. The van der Waals surface area contributed by atoms with Gasteiger partial charge in [0, 0.05) is 23.2 Å². The number of anilines is 2. The van der Waals surface area contributed by atoms with Crippen LogP contribution >= 0.6 is 0 Å². The zero-order valence-electron chi connectivity index (χ0n) is 15.1. The molecule has 0 atom stereocenters. The summed E-state index contributed by atoms with van der Waals surface area (Å²) >= 11 is 0. The topological polar surface area (TPSA) is 104 Å². The number of benzene rings is 1. The first-order valence-electron chi connectivity index (χ1n) is 9.41. The van der Waals surface area contributed by atoms with E-state index in [1.807, 2.05) is 30.5 Å². The van der Waals surface area contributed by atoms with Gasteiger partial charge in [0.05, 0.1) is 5.25 Å². The van der Waals surface area contributed by atoms with Crippen LogP contribution in [0.3, 0.4) is 0 Å². The van der Waals surface area contributed by atoms with Gasteiger partial charge in [-0.2, -0.15) is 0 Å². The van der Waals surface area contributed by atoms with Gasteiger partial charge in [-0.3, -0.25) is 9.52 Å². The summed E-state index contributed by atoms with van der Waals surface area (Å²) in [6.45, 7) is 0. The minimum Gasteiger partial charge on any atom is -0.346 e. The van der Waals surface area contributed by atoms with Crippen molar-refractivity contribution < 1.29 is 13.2 Å². The van der Waals surface area contributed by atoms with Crippen LogP contribution in [0.2, 0.25) is 0 Å². The molecule has 0 unspecified atom stereocenters. The average Bonchev–Trinajstić information content (AvgIpc) is 3.57. The van der Waals surface area contributed by atoms with Crippen molar-refractivity contribution in [1.82, 2.24) is 9.97 Å². The fourth-order valence-electron chi connectivity index (χ4n) is 3.26. The van der Waals surface area contributed by atoms with Gasteiger partial charge in [0.25, 0.3) is 0 Å². The first kappa shape index (κ1) is 17.2. The molecule has 2 aliphatic rings. The van der Waals surface area contributed by atoms with Crippen LogP contribution in [0.1, 0.15) is 25.7 Å². The minimum absolute atomic E-state index is 0.00851. The number of carbonyl (C=O) groups excluding carboxylic acids is 1. The van der Waals surface area contributed by atoms with E-state index in [0.29, 0.717) is 17.2 Å². The summed E-state index contributed by atoms with van der Waals surface area (Å²) in [6.07, 6.45) is 5.13. The van der Waals surface area contributed by atoms with Crippen LogP contribution in [0.5, 0.6) is 0 Å². The van der Waals surface area contributed by atoms with Gasteiger partial charge in [0.2, 0.25) is 15.9 Å². The molecule has 0 bridgehead atoms. The van der Waals surface area contributed by atoms with E-state index in [-0.39, 0.29) is 17.1 Å². The number of nitrogens with zero attached hydrogens (tertiary/aromatic N) is 1. The lowest BCUT2D eigenvalue weighted by atomic mass is 10.0. The maximum atomic E-state index is 12.1. The first-order chi connectivity index (χ1) is 13.5. The number of pyridine rings is 1. The number of aromatic nitrogens is 2. The molecule has 5 rings (SSSR count). The van der Waals surface area contributed by atoms with E-state index in [2.05, 4.69) is 20.0 Å². The zero-order chi connectivity index (χ0) is 19.3. The molecule has 1 aromatic carbocycles. The fraction of sp³-hybridized carbons (Fsp3) is 0.300. The summed E-state index contributed by atoms with van der Waals surface area (Å²) in [5.74, 6) is 0.623. The van der Waals surface area contributed by atoms with Crippen molar-refractivity contribution in [3.63, 3.8) is 0 Å². The number of nitrogens with one attached hydrogen (secondary N) is 3. The molecule has 8 heteroatoms. The predicted octanol–water partition coefficient (Wildman–Crippen LogP) is 3.48. The SMILES string of the molecule is O=C(Nc1cc(-c2ccc(NS(=O)(=O)C3CC3)cc2)c2cc[nH]c2n1)C1CC1. The van der Waals surface area contributed by atoms with Gasteiger partial charge in [-0.25, -0.2) is 13.4 Å². The van der Waals surface area contributed by atoms with Crippen LogP contribution in [0, 0.1) is 5.92 Å². The molecule has 2 aromatic heterocycles. The molecule has 0 aliphatic heterocycles. The Morgan fingerprint density at radius 1 is 1.07 bits per heavy atom. The Morgan fingerprint density at radius 3 is 2.50 bits per heavy atom. The summed E-state index contributed by atoms with van der Waals surface area (Å²) in [4.78, 5) is 19.7. The maximum Gasteiger partial charge on any atom is 0.235 e. The Kier molecular flexibility index (Phi) is 3.90. The molecule has 1 amide bonds. The van der Waals surface area contributed by atoms with Crippen molar-refractivity contribution >= 4 is 38.5 Å². The molecule has 144 valence electrons. The third-order valence-electron chi connectivity index (χ3n) is 5.15. The largest absolute Gasteiger partial charge is 0.346 e. The van der Waals surface area contributed by atoms with E-state index in [0.717, 1.165) is 42.2 Å². The Hall–Kier alpha value is -2.87. The zero-order valence-corrected chi connectivity index (χ0v) is 15.9. The highest BCUT2D eigenvalue weighted by molar-refractivity contribution is 7.93. The molecular weight excluding hydrogens is 376 g/mol. The Labute approximate surface area is 162 Å². The quantitative estimate of drug-likeness (QED) is 0.593. The van der Waals surface area contributed by atoms with Crippen LogP contribution in [0.4, 0.5) is 11.5 Å². The number of amides is 1. The Balaban J connectivity index is 1.45. The molecule has 2 aliphatic carbocycles. The second kappa shape index (κ2) is 6.34. The van der Waals surface area contributed by atoms with Gasteiger partial charge in [0.1, 0.15) is 11.5 Å². The second-order valence-corrected chi connectivity index (χ2v) is 9.44. The lowest BCUT2D eigenvalue weighted by Crippen LogP contribution is -2.17. The van der Waals surface area contributed by atoms with Crippen LogP contribution in [0.15, 0.2) is 42.6 Å². The highest BCUT2D eigenvalue weighted by Crippen LogP contribution is 2.34. The Morgan fingerprint density at radius 2 is 1.82 bits per heavy atom. The van der Waals surface area contributed by atoms with Crippen LogP contribution in [0.25, 0.3) is 22.2 Å². The maximum absolute atomic E-state index is 12.1. The van der Waals surface area contributed by atoms with Gasteiger partial charge in [0.15, 0.2) is 0 Å². The molecule has 7 nitrogen and oxygen atoms in total. The van der Waals surface area contributed by atoms with E-state index >= 15 is 0 Å². The normalized spacial score (nSPS) is 16.9. The van der Waals surface area contributed by atoms with Gasteiger partial charge in [-0.15, -0.1) is 0 Å². The summed E-state index contributed by atoms with van der Waals surface area (Å²) in [7, 11) is -3.28. The van der Waals surface area contributed by atoms with Crippen molar-refractivity contribution in [2.24, 2.45) is 5.92 Å². The monoisotopic (exact) mass is 396 g/mol. The van der Waals surface area contributed by atoms with Crippen molar-refractivity contribution in [2.45, 2.75) is 30.9 Å². The number of hydrogen-bond acceptors (Lipinski definition) is 4. The van der Waals surface area contributed by atoms with E-state index in [1.54, 1.807) is 12.1 Å².